The van der Waals surface area contributed by atoms with Gasteiger partial charge in [-0.05, 0) is 25.1 Å². The van der Waals surface area contributed by atoms with Gasteiger partial charge in [0.2, 0.25) is 0 Å². The highest BCUT2D eigenvalue weighted by Crippen LogP contribution is 2.30. The third-order valence-electron chi connectivity index (χ3n) is 2.03. The van der Waals surface area contributed by atoms with Gasteiger partial charge in [-0.15, -0.1) is 0 Å². The van der Waals surface area contributed by atoms with Crippen LogP contribution in [0.3, 0.4) is 0 Å². The molecule has 1 aromatic carbocycles. The number of alkyl halides is 3. The lowest BCUT2D eigenvalue weighted by Crippen LogP contribution is -2.28. The molecule has 1 unspecified atom stereocenters. The fraction of sp³-hybridized carbons (Fsp3) is 0.400. The van der Waals surface area contributed by atoms with Gasteiger partial charge in [0.05, 0.1) is 5.56 Å². The van der Waals surface area contributed by atoms with E-state index in [4.69, 9.17) is 7.98 Å². The van der Waals surface area contributed by atoms with E-state index in [0.29, 0.717) is 12.2 Å². The Balaban J connectivity index is 2.75. The second-order valence-electron chi connectivity index (χ2n) is 3.53. The zero-order valence-corrected chi connectivity index (χ0v) is 8.81. The molecule has 2 N–H and O–H groups in total. The van der Waals surface area contributed by atoms with Gasteiger partial charge >= 0.3 is 6.18 Å². The van der Waals surface area contributed by atoms with E-state index in [1.54, 1.807) is 6.07 Å². The first-order valence-corrected chi connectivity index (χ1v) is 4.80. The first-order chi connectivity index (χ1) is 7.43. The van der Waals surface area contributed by atoms with Gasteiger partial charge in [0.1, 0.15) is 0 Å². The summed E-state index contributed by atoms with van der Waals surface area (Å²) in [6.45, 7) is 2.29. The zero-order chi connectivity index (χ0) is 12.2. The molecule has 0 aliphatic heterocycles. The topological polar surface area (TPSA) is 24.1 Å². The van der Waals surface area contributed by atoms with E-state index < -0.39 is 11.7 Å². The van der Waals surface area contributed by atoms with E-state index >= 15 is 0 Å². The predicted octanol–water partition coefficient (Wildman–Crippen LogP) is 2.18. The normalized spacial score (nSPS) is 13.5. The maximum absolute atomic E-state index is 12.4. The summed E-state index contributed by atoms with van der Waals surface area (Å²) in [5, 5.41) is 5.36. The average molecular weight is 228 g/mol. The van der Waals surface area contributed by atoms with E-state index in [1.807, 2.05) is 6.92 Å². The Morgan fingerprint density at radius 3 is 2.62 bits per heavy atom. The van der Waals surface area contributed by atoms with Gasteiger partial charge in [-0.2, -0.15) is 13.2 Å². The Morgan fingerprint density at radius 1 is 1.38 bits per heavy atom. The molecule has 0 bridgehead atoms. The summed E-state index contributed by atoms with van der Waals surface area (Å²) in [6, 6.07) is 5.02. The molecule has 86 valence electrons. The smallest absolute Gasteiger partial charge is 0.381 e. The highest BCUT2D eigenvalue weighted by Gasteiger charge is 2.30. The molecule has 0 heterocycles. The average Bonchev–Trinajstić information content (AvgIpc) is 2.17. The van der Waals surface area contributed by atoms with Crippen LogP contribution in [0.4, 0.5) is 18.9 Å². The van der Waals surface area contributed by atoms with E-state index in [9.17, 15) is 13.2 Å². The maximum Gasteiger partial charge on any atom is 0.416 e. The Bertz CT molecular complexity index is 341. The quantitative estimate of drug-likeness (QED) is 0.771. The van der Waals surface area contributed by atoms with Crippen LogP contribution < -0.4 is 10.5 Å². The Kier molecular flexibility index (Phi) is 4.23. The summed E-state index contributed by atoms with van der Waals surface area (Å²) in [4.78, 5) is 0. The summed E-state index contributed by atoms with van der Waals surface area (Å²) in [5.41, 5.74) is -0.233. The molecule has 1 rings (SSSR count). The molecule has 0 aromatic heterocycles. The number of hydrogen-bond donors (Lipinski definition) is 2. The lowest BCUT2D eigenvalue weighted by Gasteiger charge is -2.16. The van der Waals surface area contributed by atoms with Crippen molar-refractivity contribution in [3.05, 3.63) is 29.8 Å². The molecule has 0 aliphatic rings. The van der Waals surface area contributed by atoms with Crippen molar-refractivity contribution in [1.29, 1.82) is 0 Å². The third kappa shape index (κ3) is 3.77. The monoisotopic (exact) mass is 228 g/mol. The molecule has 1 aromatic rings. The molecule has 0 aliphatic carbocycles. The van der Waals surface area contributed by atoms with Crippen molar-refractivity contribution >= 4 is 13.7 Å². The van der Waals surface area contributed by atoms with E-state index in [-0.39, 0.29) is 6.04 Å². The van der Waals surface area contributed by atoms with Crippen molar-refractivity contribution in [1.82, 2.24) is 5.23 Å². The second-order valence-corrected chi connectivity index (χ2v) is 3.53. The minimum atomic E-state index is -4.31. The van der Waals surface area contributed by atoms with Crippen LogP contribution in [0, 0.1) is 0 Å². The summed E-state index contributed by atoms with van der Waals surface area (Å²) in [6.07, 6.45) is -4.31. The van der Waals surface area contributed by atoms with Crippen LogP contribution in [-0.4, -0.2) is 20.6 Å². The van der Waals surface area contributed by atoms with Gasteiger partial charge in [-0.25, -0.2) is 0 Å². The van der Waals surface area contributed by atoms with Crippen LogP contribution >= 0.6 is 0 Å². The maximum atomic E-state index is 12.4. The molecule has 0 saturated carbocycles. The second kappa shape index (κ2) is 5.25. The summed E-state index contributed by atoms with van der Waals surface area (Å²) < 4.78 is 37.2. The Hall–Kier alpha value is -1.17. The fourth-order valence-corrected chi connectivity index (χ4v) is 1.30. The van der Waals surface area contributed by atoms with Crippen molar-refractivity contribution in [2.24, 2.45) is 0 Å². The van der Waals surface area contributed by atoms with Crippen LogP contribution in [0.2, 0.25) is 0 Å². The number of anilines is 1. The molecule has 0 spiro atoms. The number of nitrogens with one attached hydrogen (secondary N) is 2. The van der Waals surface area contributed by atoms with E-state index in [0.717, 1.165) is 12.1 Å². The first-order valence-electron chi connectivity index (χ1n) is 4.80. The Morgan fingerprint density at radius 2 is 2.06 bits per heavy atom. The molecule has 0 fully saturated rings. The van der Waals surface area contributed by atoms with Crippen molar-refractivity contribution < 1.29 is 13.2 Å². The molecule has 6 heteroatoms. The molecule has 0 amide bonds. The molecule has 0 saturated heterocycles. The van der Waals surface area contributed by atoms with Crippen molar-refractivity contribution in [2.45, 2.75) is 19.1 Å². The van der Waals surface area contributed by atoms with Crippen LogP contribution in [0.5, 0.6) is 0 Å². The van der Waals surface area contributed by atoms with Gasteiger partial charge in [0.25, 0.3) is 0 Å². The van der Waals surface area contributed by atoms with Crippen LogP contribution in [0.15, 0.2) is 24.3 Å². The molecular formula is C10H12BF3N2. The van der Waals surface area contributed by atoms with Crippen molar-refractivity contribution in [3.8, 4) is 0 Å². The molecule has 2 nitrogen and oxygen atoms in total. The molecular weight excluding hydrogens is 216 g/mol. The van der Waals surface area contributed by atoms with Crippen molar-refractivity contribution in [3.63, 3.8) is 0 Å². The fourth-order valence-electron chi connectivity index (χ4n) is 1.30. The SMILES string of the molecule is [B]NCC(C)Nc1cccc(C(F)(F)F)c1. The van der Waals surface area contributed by atoms with Crippen molar-refractivity contribution in [2.75, 3.05) is 11.9 Å². The predicted molar refractivity (Wildman–Crippen MR) is 58.3 cm³/mol. The van der Waals surface area contributed by atoms with Gasteiger partial charge in [0.15, 0.2) is 7.98 Å². The lowest BCUT2D eigenvalue weighted by atomic mass is 10.2. The van der Waals surface area contributed by atoms with Crippen LogP contribution in [-0.2, 0) is 6.18 Å². The number of halogens is 3. The minimum absolute atomic E-state index is 0.0477. The highest BCUT2D eigenvalue weighted by atomic mass is 19.4. The minimum Gasteiger partial charge on any atom is -0.381 e. The standard InChI is InChI=1S/C10H12BF3N2/c1-7(6-15-11)16-9-4-2-3-8(5-9)10(12,13)14/h2-5,7,15-16H,6H2,1H3. The van der Waals surface area contributed by atoms with E-state index in [1.165, 1.54) is 6.07 Å². The number of hydrogen-bond acceptors (Lipinski definition) is 2. The van der Waals surface area contributed by atoms with Gasteiger partial charge in [0, 0.05) is 18.3 Å². The molecule has 2 radical (unpaired) electrons. The van der Waals surface area contributed by atoms with E-state index in [2.05, 4.69) is 10.5 Å². The van der Waals surface area contributed by atoms with Gasteiger partial charge in [-0.1, -0.05) is 6.07 Å². The summed E-state index contributed by atoms with van der Waals surface area (Å²) in [5.74, 6) is 0. The number of benzene rings is 1. The molecule has 1 atom stereocenters. The molecule has 16 heavy (non-hydrogen) atoms. The largest absolute Gasteiger partial charge is 0.416 e. The van der Waals surface area contributed by atoms with Crippen LogP contribution in [0.25, 0.3) is 0 Å². The first kappa shape index (κ1) is 12.9. The number of rotatable bonds is 4. The summed E-state index contributed by atoms with van der Waals surface area (Å²) in [7, 11) is 5.11. The van der Waals surface area contributed by atoms with Crippen LogP contribution in [0.1, 0.15) is 12.5 Å². The summed E-state index contributed by atoms with van der Waals surface area (Å²) >= 11 is 0. The highest BCUT2D eigenvalue weighted by molar-refractivity contribution is 6.04. The van der Waals surface area contributed by atoms with Gasteiger partial charge in [-0.3, -0.25) is 0 Å². The zero-order valence-electron chi connectivity index (χ0n) is 8.81. The van der Waals surface area contributed by atoms with Gasteiger partial charge < -0.3 is 10.5 Å². The lowest BCUT2D eigenvalue weighted by molar-refractivity contribution is -0.137. The Labute approximate surface area is 93.7 Å². The third-order valence-corrected chi connectivity index (χ3v) is 2.03.